The molecule has 0 aromatic rings. The predicted molar refractivity (Wildman–Crippen MR) is 80.6 cm³/mol. The van der Waals surface area contributed by atoms with Gasteiger partial charge in [-0.25, -0.2) is 0 Å². The van der Waals surface area contributed by atoms with E-state index in [1.54, 1.807) is 0 Å². The molecule has 0 saturated heterocycles. The lowest BCUT2D eigenvalue weighted by molar-refractivity contribution is -0.916. The van der Waals surface area contributed by atoms with Gasteiger partial charge in [-0.15, -0.1) is 0 Å². The standard InChI is InChI=1S/C16H36N2.2BrH/c1-17(2,3)14-10-7-11-15-18(4,5)16-12-8-6-9-13-16;;/h16H,6-15H2,1-5H3;2*1H/q+2;;/p-2. The Hall–Kier alpha value is 0.880. The van der Waals surface area contributed by atoms with E-state index in [-0.39, 0.29) is 34.0 Å². The summed E-state index contributed by atoms with van der Waals surface area (Å²) in [6.07, 6.45) is 11.5. The van der Waals surface area contributed by atoms with Crippen molar-refractivity contribution >= 4 is 0 Å². The fraction of sp³-hybridized carbons (Fsp3) is 1.00. The summed E-state index contributed by atoms with van der Waals surface area (Å²) in [5.41, 5.74) is 0. The Bertz CT molecular complexity index is 231. The van der Waals surface area contributed by atoms with Crippen molar-refractivity contribution in [3.63, 3.8) is 0 Å². The average Bonchev–Trinajstić information content (AvgIpc) is 2.28. The molecule has 20 heavy (non-hydrogen) atoms. The van der Waals surface area contributed by atoms with Gasteiger partial charge in [-0.3, -0.25) is 0 Å². The van der Waals surface area contributed by atoms with Crippen LogP contribution in [0.3, 0.4) is 0 Å². The molecule has 124 valence electrons. The molecule has 0 unspecified atom stereocenters. The summed E-state index contributed by atoms with van der Waals surface area (Å²) in [6, 6.07) is 0.942. The minimum absolute atomic E-state index is 0. The zero-order valence-corrected chi connectivity index (χ0v) is 17.5. The van der Waals surface area contributed by atoms with Crippen molar-refractivity contribution in [3.05, 3.63) is 0 Å². The first-order valence-corrected chi connectivity index (χ1v) is 7.94. The van der Waals surface area contributed by atoms with Gasteiger partial charge in [0.05, 0.1) is 54.4 Å². The first kappa shape index (κ1) is 23.2. The van der Waals surface area contributed by atoms with Gasteiger partial charge in [0, 0.05) is 0 Å². The van der Waals surface area contributed by atoms with Crippen molar-refractivity contribution in [1.29, 1.82) is 0 Å². The first-order chi connectivity index (χ1) is 8.31. The number of hydrogen-bond acceptors (Lipinski definition) is 0. The second-order valence-corrected chi connectivity index (χ2v) is 7.87. The van der Waals surface area contributed by atoms with E-state index in [0.717, 1.165) is 10.5 Å². The molecule has 1 aliphatic rings. The topological polar surface area (TPSA) is 0 Å². The fourth-order valence-electron chi connectivity index (χ4n) is 3.24. The lowest BCUT2D eigenvalue weighted by Crippen LogP contribution is -3.00. The monoisotopic (exact) mass is 414 g/mol. The molecule has 1 saturated carbocycles. The number of hydrogen-bond donors (Lipinski definition) is 0. The van der Waals surface area contributed by atoms with Crippen LogP contribution in [0.2, 0.25) is 0 Å². The second kappa shape index (κ2) is 10.6. The molecule has 0 aliphatic heterocycles. The molecule has 4 heteroatoms. The van der Waals surface area contributed by atoms with E-state index in [1.165, 1.54) is 68.9 Å². The largest absolute Gasteiger partial charge is 1.00 e. The van der Waals surface area contributed by atoms with E-state index in [4.69, 9.17) is 0 Å². The van der Waals surface area contributed by atoms with Crippen molar-refractivity contribution in [3.8, 4) is 0 Å². The first-order valence-electron chi connectivity index (χ1n) is 7.94. The van der Waals surface area contributed by atoms with Gasteiger partial charge in [0.1, 0.15) is 0 Å². The number of quaternary nitrogens is 2. The predicted octanol–water partition coefficient (Wildman–Crippen LogP) is -2.72. The van der Waals surface area contributed by atoms with Gasteiger partial charge in [-0.05, 0) is 44.9 Å². The molecule has 1 fully saturated rings. The van der Waals surface area contributed by atoms with Crippen LogP contribution in [-0.2, 0) is 0 Å². The number of nitrogens with zero attached hydrogens (tertiary/aromatic N) is 2. The van der Waals surface area contributed by atoms with Gasteiger partial charge in [0.2, 0.25) is 0 Å². The summed E-state index contributed by atoms with van der Waals surface area (Å²) in [5, 5.41) is 0. The van der Waals surface area contributed by atoms with Crippen molar-refractivity contribution in [2.24, 2.45) is 0 Å². The van der Waals surface area contributed by atoms with E-state index in [9.17, 15) is 0 Å². The van der Waals surface area contributed by atoms with E-state index >= 15 is 0 Å². The Balaban J connectivity index is 0. The molecule has 0 spiro atoms. The normalized spacial score (nSPS) is 17.2. The third kappa shape index (κ3) is 9.75. The highest BCUT2D eigenvalue weighted by atomic mass is 79.9. The van der Waals surface area contributed by atoms with Crippen LogP contribution >= 0.6 is 0 Å². The summed E-state index contributed by atoms with van der Waals surface area (Å²) in [7, 11) is 11.8. The molecular formula is C16H36Br2N2. The van der Waals surface area contributed by atoms with Crippen molar-refractivity contribution in [1.82, 2.24) is 0 Å². The van der Waals surface area contributed by atoms with Crippen LogP contribution in [0.25, 0.3) is 0 Å². The van der Waals surface area contributed by atoms with Gasteiger partial charge in [-0.1, -0.05) is 6.42 Å². The molecule has 0 N–H and O–H groups in total. The highest BCUT2D eigenvalue weighted by Gasteiger charge is 2.28. The van der Waals surface area contributed by atoms with E-state index in [2.05, 4.69) is 35.2 Å². The quantitative estimate of drug-likeness (QED) is 0.313. The van der Waals surface area contributed by atoms with Crippen molar-refractivity contribution in [2.45, 2.75) is 57.4 Å². The second-order valence-electron chi connectivity index (χ2n) is 7.87. The van der Waals surface area contributed by atoms with Crippen LogP contribution in [0.5, 0.6) is 0 Å². The lowest BCUT2D eigenvalue weighted by Gasteiger charge is -2.40. The summed E-state index contributed by atoms with van der Waals surface area (Å²) in [6.45, 7) is 2.69. The summed E-state index contributed by atoms with van der Waals surface area (Å²) < 4.78 is 2.38. The molecule has 1 aliphatic carbocycles. The Labute approximate surface area is 148 Å². The van der Waals surface area contributed by atoms with E-state index < -0.39 is 0 Å². The molecule has 0 aromatic carbocycles. The van der Waals surface area contributed by atoms with Gasteiger partial charge in [0.25, 0.3) is 0 Å². The zero-order chi connectivity index (χ0) is 13.6. The number of halogens is 2. The Morgan fingerprint density at radius 1 is 0.700 bits per heavy atom. The third-order valence-corrected chi connectivity index (χ3v) is 4.63. The Kier molecular flexibility index (Phi) is 12.2. The summed E-state index contributed by atoms with van der Waals surface area (Å²) in [5.74, 6) is 0. The van der Waals surface area contributed by atoms with Crippen LogP contribution in [-0.4, -0.2) is 63.3 Å². The van der Waals surface area contributed by atoms with Crippen LogP contribution in [0, 0.1) is 0 Å². The molecule has 0 atom stereocenters. The maximum absolute atomic E-state index is 2.45. The molecular weight excluding hydrogens is 380 g/mol. The number of unbranched alkanes of at least 4 members (excludes halogenated alkanes) is 2. The van der Waals surface area contributed by atoms with E-state index in [0.29, 0.717) is 0 Å². The van der Waals surface area contributed by atoms with E-state index in [1.807, 2.05) is 0 Å². The molecule has 0 aromatic heterocycles. The van der Waals surface area contributed by atoms with Gasteiger partial charge in [-0.2, -0.15) is 0 Å². The van der Waals surface area contributed by atoms with Crippen LogP contribution in [0.1, 0.15) is 51.4 Å². The molecule has 2 nitrogen and oxygen atoms in total. The van der Waals surface area contributed by atoms with Crippen molar-refractivity contribution < 1.29 is 42.9 Å². The Morgan fingerprint density at radius 3 is 1.70 bits per heavy atom. The van der Waals surface area contributed by atoms with Crippen LogP contribution < -0.4 is 34.0 Å². The van der Waals surface area contributed by atoms with Crippen molar-refractivity contribution in [2.75, 3.05) is 48.3 Å². The van der Waals surface area contributed by atoms with Crippen LogP contribution in [0.15, 0.2) is 0 Å². The molecule has 0 heterocycles. The minimum Gasteiger partial charge on any atom is -1.00 e. The number of rotatable bonds is 7. The SMILES string of the molecule is C[N+](C)(C)CCCCC[N+](C)(C)C1CCCCC1.[Br-].[Br-]. The van der Waals surface area contributed by atoms with Gasteiger partial charge >= 0.3 is 0 Å². The zero-order valence-electron chi connectivity index (χ0n) is 14.3. The Morgan fingerprint density at radius 2 is 1.20 bits per heavy atom. The molecule has 1 rings (SSSR count). The highest BCUT2D eigenvalue weighted by molar-refractivity contribution is 4.65. The molecule has 0 radical (unpaired) electrons. The van der Waals surface area contributed by atoms with Gasteiger partial charge < -0.3 is 42.9 Å². The third-order valence-electron chi connectivity index (χ3n) is 4.63. The summed E-state index contributed by atoms with van der Waals surface area (Å²) >= 11 is 0. The molecule has 0 bridgehead atoms. The maximum atomic E-state index is 2.45. The fourth-order valence-corrected chi connectivity index (χ4v) is 3.24. The smallest absolute Gasteiger partial charge is 0.0886 e. The average molecular weight is 416 g/mol. The maximum Gasteiger partial charge on any atom is 0.0886 e. The summed E-state index contributed by atoms with van der Waals surface area (Å²) in [4.78, 5) is 0. The highest BCUT2D eigenvalue weighted by Crippen LogP contribution is 2.26. The molecule has 0 amide bonds. The van der Waals surface area contributed by atoms with Crippen LogP contribution in [0.4, 0.5) is 0 Å². The minimum atomic E-state index is 0. The lowest BCUT2D eigenvalue weighted by atomic mass is 9.93. The van der Waals surface area contributed by atoms with Gasteiger partial charge in [0.15, 0.2) is 0 Å².